The van der Waals surface area contributed by atoms with Gasteiger partial charge in [-0.25, -0.2) is 0 Å². The second-order valence-corrected chi connectivity index (χ2v) is 3.33. The molecule has 0 saturated heterocycles. The van der Waals surface area contributed by atoms with E-state index < -0.39 is 0 Å². The van der Waals surface area contributed by atoms with Crippen LogP contribution in [0.3, 0.4) is 0 Å². The SMILES string of the molecule is C=CC(=O)NCCc1cccc(OCC)c1. The second-order valence-electron chi connectivity index (χ2n) is 3.33. The molecule has 1 N–H and O–H groups in total. The minimum absolute atomic E-state index is 0.138. The molecule has 16 heavy (non-hydrogen) atoms. The molecular formula is C13H17NO2. The van der Waals surface area contributed by atoms with Crippen LogP contribution >= 0.6 is 0 Å². The molecule has 0 fully saturated rings. The molecular weight excluding hydrogens is 202 g/mol. The van der Waals surface area contributed by atoms with Crippen LogP contribution in [0.5, 0.6) is 5.75 Å². The number of rotatable bonds is 6. The molecule has 1 aromatic rings. The number of hydrogen-bond donors (Lipinski definition) is 1. The fourth-order valence-electron chi connectivity index (χ4n) is 1.36. The molecule has 1 aromatic carbocycles. The van der Waals surface area contributed by atoms with Crippen molar-refractivity contribution in [3.05, 3.63) is 42.5 Å². The zero-order chi connectivity index (χ0) is 11.8. The van der Waals surface area contributed by atoms with Gasteiger partial charge in [0, 0.05) is 6.54 Å². The van der Waals surface area contributed by atoms with E-state index in [0.29, 0.717) is 13.2 Å². The average molecular weight is 219 g/mol. The minimum Gasteiger partial charge on any atom is -0.494 e. The number of carbonyl (C=O) groups is 1. The summed E-state index contributed by atoms with van der Waals surface area (Å²) in [6.07, 6.45) is 2.07. The first kappa shape index (κ1) is 12.3. The van der Waals surface area contributed by atoms with Crippen molar-refractivity contribution in [2.45, 2.75) is 13.3 Å². The Balaban J connectivity index is 2.44. The summed E-state index contributed by atoms with van der Waals surface area (Å²) >= 11 is 0. The lowest BCUT2D eigenvalue weighted by atomic mass is 10.1. The van der Waals surface area contributed by atoms with Gasteiger partial charge in [0.2, 0.25) is 5.91 Å². The lowest BCUT2D eigenvalue weighted by molar-refractivity contribution is -0.116. The zero-order valence-corrected chi connectivity index (χ0v) is 9.53. The second kappa shape index (κ2) is 6.67. The lowest BCUT2D eigenvalue weighted by Crippen LogP contribution is -2.23. The van der Waals surface area contributed by atoms with Crippen LogP contribution in [-0.2, 0) is 11.2 Å². The summed E-state index contributed by atoms with van der Waals surface area (Å²) in [6.45, 7) is 6.62. The Morgan fingerprint density at radius 2 is 2.38 bits per heavy atom. The first-order valence-electron chi connectivity index (χ1n) is 5.38. The van der Waals surface area contributed by atoms with Crippen molar-refractivity contribution >= 4 is 5.91 Å². The number of nitrogens with one attached hydrogen (secondary N) is 1. The van der Waals surface area contributed by atoms with Gasteiger partial charge >= 0.3 is 0 Å². The van der Waals surface area contributed by atoms with Crippen LogP contribution in [0.2, 0.25) is 0 Å². The monoisotopic (exact) mass is 219 g/mol. The maximum Gasteiger partial charge on any atom is 0.243 e. The van der Waals surface area contributed by atoms with Crippen molar-refractivity contribution in [1.82, 2.24) is 5.32 Å². The van der Waals surface area contributed by atoms with E-state index >= 15 is 0 Å². The first-order chi connectivity index (χ1) is 7.76. The molecule has 3 heteroatoms. The Hall–Kier alpha value is -1.77. The van der Waals surface area contributed by atoms with Crippen LogP contribution in [0.15, 0.2) is 36.9 Å². The summed E-state index contributed by atoms with van der Waals surface area (Å²) in [5, 5.41) is 2.73. The molecule has 0 aliphatic carbocycles. The van der Waals surface area contributed by atoms with Crippen molar-refractivity contribution in [1.29, 1.82) is 0 Å². The van der Waals surface area contributed by atoms with E-state index in [2.05, 4.69) is 11.9 Å². The molecule has 0 unspecified atom stereocenters. The van der Waals surface area contributed by atoms with Gasteiger partial charge in [0.25, 0.3) is 0 Å². The number of benzene rings is 1. The molecule has 0 saturated carbocycles. The topological polar surface area (TPSA) is 38.3 Å². The summed E-state index contributed by atoms with van der Waals surface area (Å²) in [5.41, 5.74) is 1.15. The van der Waals surface area contributed by atoms with Gasteiger partial charge in [-0.15, -0.1) is 0 Å². The van der Waals surface area contributed by atoms with Crippen molar-refractivity contribution in [3.8, 4) is 5.75 Å². The maximum absolute atomic E-state index is 10.9. The molecule has 0 heterocycles. The van der Waals surface area contributed by atoms with E-state index in [1.54, 1.807) is 0 Å². The third kappa shape index (κ3) is 4.17. The first-order valence-corrected chi connectivity index (χ1v) is 5.38. The maximum atomic E-state index is 10.9. The van der Waals surface area contributed by atoms with Crippen molar-refractivity contribution in [2.24, 2.45) is 0 Å². The molecule has 0 spiro atoms. The zero-order valence-electron chi connectivity index (χ0n) is 9.53. The summed E-state index contributed by atoms with van der Waals surface area (Å²) in [6, 6.07) is 7.89. The fourth-order valence-corrected chi connectivity index (χ4v) is 1.36. The van der Waals surface area contributed by atoms with Gasteiger partial charge in [0.15, 0.2) is 0 Å². The fraction of sp³-hybridized carbons (Fsp3) is 0.308. The van der Waals surface area contributed by atoms with E-state index in [9.17, 15) is 4.79 Å². The molecule has 1 amide bonds. The Labute approximate surface area is 96.1 Å². The highest BCUT2D eigenvalue weighted by Gasteiger charge is 1.97. The van der Waals surface area contributed by atoms with E-state index in [1.807, 2.05) is 31.2 Å². The minimum atomic E-state index is -0.138. The molecule has 86 valence electrons. The molecule has 3 nitrogen and oxygen atoms in total. The summed E-state index contributed by atoms with van der Waals surface area (Å²) in [5.74, 6) is 0.732. The van der Waals surface area contributed by atoms with E-state index in [4.69, 9.17) is 4.74 Å². The smallest absolute Gasteiger partial charge is 0.243 e. The lowest BCUT2D eigenvalue weighted by Gasteiger charge is -2.06. The summed E-state index contributed by atoms with van der Waals surface area (Å²) < 4.78 is 5.39. The van der Waals surface area contributed by atoms with E-state index in [0.717, 1.165) is 17.7 Å². The van der Waals surface area contributed by atoms with Gasteiger partial charge in [0.1, 0.15) is 5.75 Å². The summed E-state index contributed by atoms with van der Waals surface area (Å²) in [7, 11) is 0. The summed E-state index contributed by atoms with van der Waals surface area (Å²) in [4.78, 5) is 10.9. The molecule has 0 bridgehead atoms. The quantitative estimate of drug-likeness (QED) is 0.742. The van der Waals surface area contributed by atoms with Crippen molar-refractivity contribution in [2.75, 3.05) is 13.2 Å². The highest BCUT2D eigenvalue weighted by Crippen LogP contribution is 2.13. The highest BCUT2D eigenvalue weighted by atomic mass is 16.5. The number of carbonyl (C=O) groups excluding carboxylic acids is 1. The largest absolute Gasteiger partial charge is 0.494 e. The van der Waals surface area contributed by atoms with Gasteiger partial charge < -0.3 is 10.1 Å². The van der Waals surface area contributed by atoms with Crippen LogP contribution < -0.4 is 10.1 Å². The Morgan fingerprint density at radius 1 is 1.56 bits per heavy atom. The predicted octanol–water partition coefficient (Wildman–Crippen LogP) is 1.93. The average Bonchev–Trinajstić information content (AvgIpc) is 2.30. The van der Waals surface area contributed by atoms with Crippen LogP contribution in [0.4, 0.5) is 0 Å². The third-order valence-electron chi connectivity index (χ3n) is 2.11. The van der Waals surface area contributed by atoms with Gasteiger partial charge in [0.05, 0.1) is 6.61 Å². The van der Waals surface area contributed by atoms with Gasteiger partial charge in [-0.05, 0) is 37.1 Å². The Kier molecular flexibility index (Phi) is 5.12. The van der Waals surface area contributed by atoms with Crippen molar-refractivity contribution < 1.29 is 9.53 Å². The Bertz CT molecular complexity index is 361. The molecule has 0 atom stereocenters. The molecule has 0 aliphatic heterocycles. The van der Waals surface area contributed by atoms with Crippen molar-refractivity contribution in [3.63, 3.8) is 0 Å². The van der Waals surface area contributed by atoms with Crippen LogP contribution in [0.1, 0.15) is 12.5 Å². The standard InChI is InChI=1S/C13H17NO2/c1-3-13(15)14-9-8-11-6-5-7-12(10-11)16-4-2/h3,5-7,10H,1,4,8-9H2,2H3,(H,14,15). The molecule has 0 radical (unpaired) electrons. The highest BCUT2D eigenvalue weighted by molar-refractivity contribution is 5.86. The van der Waals surface area contributed by atoms with E-state index in [-0.39, 0.29) is 5.91 Å². The Morgan fingerprint density at radius 3 is 3.06 bits per heavy atom. The van der Waals surface area contributed by atoms with Crippen LogP contribution in [0.25, 0.3) is 0 Å². The predicted molar refractivity (Wildman–Crippen MR) is 64.5 cm³/mol. The number of ether oxygens (including phenoxy) is 1. The van der Waals surface area contributed by atoms with E-state index in [1.165, 1.54) is 6.08 Å². The van der Waals surface area contributed by atoms with Gasteiger partial charge in [-0.1, -0.05) is 18.7 Å². The van der Waals surface area contributed by atoms with Crippen LogP contribution in [0, 0.1) is 0 Å². The van der Waals surface area contributed by atoms with Gasteiger partial charge in [-0.2, -0.15) is 0 Å². The number of hydrogen-bond acceptors (Lipinski definition) is 2. The molecule has 0 aromatic heterocycles. The van der Waals surface area contributed by atoms with Crippen LogP contribution in [-0.4, -0.2) is 19.1 Å². The molecule has 1 rings (SSSR count). The number of amides is 1. The normalized spacial score (nSPS) is 9.56. The third-order valence-corrected chi connectivity index (χ3v) is 2.11. The molecule has 0 aliphatic rings. The van der Waals surface area contributed by atoms with Gasteiger partial charge in [-0.3, -0.25) is 4.79 Å².